The lowest BCUT2D eigenvalue weighted by Crippen LogP contribution is -2.55. The number of fused-ring (bicyclic) bond motifs is 4. The monoisotopic (exact) mass is 628 g/mol. The molecule has 2 amide bonds. The van der Waals surface area contributed by atoms with Gasteiger partial charge in [-0.3, -0.25) is 9.59 Å². The molecule has 46 heavy (non-hydrogen) atoms. The smallest absolute Gasteiger partial charge is 0.290 e. The van der Waals surface area contributed by atoms with E-state index in [0.717, 1.165) is 11.1 Å². The summed E-state index contributed by atoms with van der Waals surface area (Å²) in [4.78, 5) is 29.5. The molecule has 1 aliphatic carbocycles. The summed E-state index contributed by atoms with van der Waals surface area (Å²) in [5, 5.41) is 34.8. The van der Waals surface area contributed by atoms with Crippen LogP contribution in [0.15, 0.2) is 76.7 Å². The number of nitrogens with one attached hydrogen (secondary N) is 1. The molecule has 0 fully saturated rings. The summed E-state index contributed by atoms with van der Waals surface area (Å²) in [5.74, 6) is -0.545. The summed E-state index contributed by atoms with van der Waals surface area (Å²) in [5.41, 5.74) is 3.61. The molecule has 2 heterocycles. The summed E-state index contributed by atoms with van der Waals surface area (Å²) in [6.07, 6.45) is -0.682. The molecule has 240 valence electrons. The number of hydrogen-bond acceptors (Lipinski definition) is 9. The number of hydrogen-bond donors (Lipinski definition) is 4. The van der Waals surface area contributed by atoms with Gasteiger partial charge in [0.25, 0.3) is 5.91 Å². The van der Waals surface area contributed by atoms with Gasteiger partial charge in [0.1, 0.15) is 12.2 Å². The van der Waals surface area contributed by atoms with Crippen LogP contribution in [0, 0.1) is 6.92 Å². The molecule has 4 unspecified atom stereocenters. The first kappa shape index (κ1) is 31.2. The molecule has 1 aliphatic heterocycles. The molecule has 0 bridgehead atoms. The van der Waals surface area contributed by atoms with Crippen molar-refractivity contribution in [2.24, 2.45) is 0 Å². The number of benzene rings is 3. The molecule has 4 aromatic rings. The number of aryl methyl sites for hydroxylation is 1. The number of nitrogens with zero attached hydrogens (tertiary/aromatic N) is 1. The Hall–Kier alpha value is -4.84. The van der Waals surface area contributed by atoms with Crippen LogP contribution in [0.2, 0.25) is 0 Å². The first-order valence-corrected chi connectivity index (χ1v) is 15.0. The Bertz CT molecular complexity index is 1800. The van der Waals surface area contributed by atoms with E-state index in [2.05, 4.69) is 5.32 Å². The third-order valence-electron chi connectivity index (χ3n) is 8.53. The number of ether oxygens (including phenoxy) is 3. The highest BCUT2D eigenvalue weighted by Gasteiger charge is 2.51. The van der Waals surface area contributed by atoms with E-state index in [1.807, 2.05) is 37.3 Å². The number of carbonyl (C=O) groups is 2. The van der Waals surface area contributed by atoms with Crippen molar-refractivity contribution in [1.29, 1.82) is 0 Å². The van der Waals surface area contributed by atoms with Crippen LogP contribution < -0.4 is 19.5 Å². The zero-order chi connectivity index (χ0) is 32.5. The first-order valence-electron chi connectivity index (χ1n) is 15.0. The predicted octanol–water partition coefficient (Wildman–Crippen LogP) is 3.22. The van der Waals surface area contributed by atoms with E-state index in [1.165, 1.54) is 19.1 Å². The van der Waals surface area contributed by atoms with E-state index in [-0.39, 0.29) is 37.6 Å². The Kier molecular flexibility index (Phi) is 8.72. The van der Waals surface area contributed by atoms with Gasteiger partial charge < -0.3 is 44.2 Å². The largest absolute Gasteiger partial charge is 0.493 e. The van der Waals surface area contributed by atoms with Crippen molar-refractivity contribution in [2.45, 2.75) is 44.2 Å². The van der Waals surface area contributed by atoms with Crippen molar-refractivity contribution >= 4 is 22.8 Å². The number of amides is 2. The average Bonchev–Trinajstić information content (AvgIpc) is 3.69. The summed E-state index contributed by atoms with van der Waals surface area (Å²) in [6, 6.07) is 17.0. The molecule has 1 aromatic heterocycles. The number of para-hydroxylation sites is 1. The molecule has 4 atom stereocenters. The summed E-state index contributed by atoms with van der Waals surface area (Å²) in [7, 11) is 2.99. The fourth-order valence-electron chi connectivity index (χ4n) is 6.27. The maximum Gasteiger partial charge on any atom is 0.290 e. The van der Waals surface area contributed by atoms with Gasteiger partial charge in [-0.1, -0.05) is 42.0 Å². The van der Waals surface area contributed by atoms with Crippen molar-refractivity contribution in [2.75, 3.05) is 27.4 Å². The Labute approximate surface area is 265 Å². The van der Waals surface area contributed by atoms with Gasteiger partial charge in [0.05, 0.1) is 39.4 Å². The lowest BCUT2D eigenvalue weighted by atomic mass is 9.77. The molecule has 2 aliphatic rings. The van der Waals surface area contributed by atoms with E-state index in [1.54, 1.807) is 36.4 Å². The second-order valence-corrected chi connectivity index (χ2v) is 11.4. The number of rotatable bonds is 10. The third-order valence-corrected chi connectivity index (χ3v) is 8.53. The van der Waals surface area contributed by atoms with Crippen molar-refractivity contribution < 1.29 is 43.5 Å². The van der Waals surface area contributed by atoms with E-state index < -0.39 is 36.0 Å². The van der Waals surface area contributed by atoms with Gasteiger partial charge in [0.2, 0.25) is 5.91 Å². The van der Waals surface area contributed by atoms with Gasteiger partial charge in [0.15, 0.2) is 28.6 Å². The van der Waals surface area contributed by atoms with E-state index >= 15 is 0 Å². The van der Waals surface area contributed by atoms with Gasteiger partial charge >= 0.3 is 0 Å². The summed E-state index contributed by atoms with van der Waals surface area (Å²) in [6.45, 7) is 1.50. The number of aliphatic hydroxyl groups excluding tert-OH is 3. The molecule has 11 nitrogen and oxygen atoms in total. The topological polar surface area (TPSA) is 151 Å². The Balaban J connectivity index is 1.48. The maximum atomic E-state index is 14.4. The highest BCUT2D eigenvalue weighted by molar-refractivity contribution is 5.99. The lowest BCUT2D eigenvalue weighted by Gasteiger charge is -2.40. The standard InChI is InChI=1S/C35H36N2O9/c1-19-7-9-20(10-8-19)17-37(35(42)28-15-22-5-4-6-26(43-2)31(22)45-28)25-16-24(34(41)36-11-12-38)29-23-13-21(18-39)14-27(44-3)32(23)46-33(29)30(25)40/h4-10,13-16,25,29-30,33,38-40H,11-12,17-18H2,1-3H3,(H,36,41). The Morgan fingerprint density at radius 2 is 1.74 bits per heavy atom. The molecule has 11 heteroatoms. The van der Waals surface area contributed by atoms with E-state index in [9.17, 15) is 24.9 Å². The zero-order valence-corrected chi connectivity index (χ0v) is 25.7. The van der Waals surface area contributed by atoms with Crippen LogP contribution in [0.4, 0.5) is 0 Å². The highest BCUT2D eigenvalue weighted by Crippen LogP contribution is 2.51. The SMILES string of the molecule is COc1cc(CO)cc2c1OC1C2C(C(=O)NCCO)=CC(N(Cc2ccc(C)cc2)C(=O)c2cc3cccc(OC)c3o2)C1O. The number of furan rings is 1. The van der Waals surface area contributed by atoms with Crippen LogP contribution >= 0.6 is 0 Å². The Morgan fingerprint density at radius 1 is 0.978 bits per heavy atom. The highest BCUT2D eigenvalue weighted by atomic mass is 16.5. The summed E-state index contributed by atoms with van der Waals surface area (Å²) < 4.78 is 23.4. The van der Waals surface area contributed by atoms with Crippen molar-refractivity contribution in [3.63, 3.8) is 0 Å². The fourth-order valence-corrected chi connectivity index (χ4v) is 6.27. The van der Waals surface area contributed by atoms with Gasteiger partial charge in [-0.15, -0.1) is 0 Å². The number of carbonyl (C=O) groups excluding carboxylic acids is 2. The first-order chi connectivity index (χ1) is 22.3. The van der Waals surface area contributed by atoms with E-state index in [0.29, 0.717) is 39.3 Å². The van der Waals surface area contributed by atoms with Crippen LogP contribution in [0.1, 0.15) is 38.7 Å². The molecular formula is C35H36N2O9. The Morgan fingerprint density at radius 3 is 2.43 bits per heavy atom. The average molecular weight is 629 g/mol. The maximum absolute atomic E-state index is 14.4. The molecule has 0 radical (unpaired) electrons. The minimum atomic E-state index is -1.29. The van der Waals surface area contributed by atoms with Gasteiger partial charge in [-0.05, 0) is 48.4 Å². The molecular weight excluding hydrogens is 592 g/mol. The number of aliphatic hydroxyl groups is 3. The minimum Gasteiger partial charge on any atom is -0.493 e. The molecule has 0 saturated heterocycles. The molecule has 0 saturated carbocycles. The quantitative estimate of drug-likeness (QED) is 0.208. The van der Waals surface area contributed by atoms with Crippen LogP contribution in [0.25, 0.3) is 11.0 Å². The molecule has 0 spiro atoms. The molecule has 4 N–H and O–H groups in total. The second kappa shape index (κ2) is 12.9. The van der Waals surface area contributed by atoms with Crippen LogP contribution in [-0.4, -0.2) is 77.7 Å². The van der Waals surface area contributed by atoms with Crippen LogP contribution in [0.3, 0.4) is 0 Å². The van der Waals surface area contributed by atoms with Gasteiger partial charge in [-0.25, -0.2) is 0 Å². The predicted molar refractivity (Wildman–Crippen MR) is 168 cm³/mol. The van der Waals surface area contributed by atoms with E-state index in [4.69, 9.17) is 18.6 Å². The van der Waals surface area contributed by atoms with Crippen molar-refractivity contribution in [3.8, 4) is 17.2 Å². The van der Waals surface area contributed by atoms with Crippen LogP contribution in [-0.2, 0) is 17.9 Å². The second-order valence-electron chi connectivity index (χ2n) is 11.4. The fraction of sp³-hybridized carbons (Fsp3) is 0.314. The third kappa shape index (κ3) is 5.57. The molecule has 3 aromatic carbocycles. The minimum absolute atomic E-state index is 0.00131. The lowest BCUT2D eigenvalue weighted by molar-refractivity contribution is -0.118. The normalized spacial score (nSPS) is 19.9. The van der Waals surface area contributed by atoms with Crippen molar-refractivity contribution in [1.82, 2.24) is 10.2 Å². The summed E-state index contributed by atoms with van der Waals surface area (Å²) >= 11 is 0. The van der Waals surface area contributed by atoms with Crippen molar-refractivity contribution in [3.05, 3.63) is 100 Å². The van der Waals surface area contributed by atoms with Gasteiger partial charge in [-0.2, -0.15) is 0 Å². The van der Waals surface area contributed by atoms with Gasteiger partial charge in [0, 0.05) is 29.6 Å². The number of methoxy groups -OCH3 is 2. The van der Waals surface area contributed by atoms with Crippen LogP contribution in [0.5, 0.6) is 17.2 Å². The molecule has 6 rings (SSSR count). The zero-order valence-electron chi connectivity index (χ0n) is 25.7.